The number of hydrogen-bond acceptors (Lipinski definition) is 5. The van der Waals surface area contributed by atoms with Gasteiger partial charge in [-0.25, -0.2) is 4.98 Å². The molecule has 0 saturated carbocycles. The van der Waals surface area contributed by atoms with Crippen molar-refractivity contribution in [3.8, 4) is 0 Å². The van der Waals surface area contributed by atoms with E-state index in [0.717, 1.165) is 4.47 Å². The lowest BCUT2D eigenvalue weighted by molar-refractivity contribution is 0.102. The number of halogens is 1. The van der Waals surface area contributed by atoms with Gasteiger partial charge in [0, 0.05) is 10.7 Å². The third-order valence-electron chi connectivity index (χ3n) is 1.85. The summed E-state index contributed by atoms with van der Waals surface area (Å²) in [6.45, 7) is 0. The largest absolute Gasteiger partial charge is 0.382 e. The zero-order valence-electron chi connectivity index (χ0n) is 8.59. The number of nitrogen functional groups attached to an aromatic ring is 1. The second kappa shape index (κ2) is 4.88. The zero-order valence-corrected chi connectivity index (χ0v) is 10.2. The van der Waals surface area contributed by atoms with Crippen LogP contribution in [0.15, 0.2) is 35.3 Å². The fraction of sp³-hybridized carbons (Fsp3) is 0. The third-order valence-corrected chi connectivity index (χ3v) is 2.28. The topological polar surface area (TPSA) is 93.8 Å². The van der Waals surface area contributed by atoms with E-state index in [1.54, 1.807) is 12.3 Å². The van der Waals surface area contributed by atoms with Crippen LogP contribution in [0.2, 0.25) is 0 Å². The number of rotatable bonds is 2. The van der Waals surface area contributed by atoms with Crippen molar-refractivity contribution >= 4 is 33.3 Å². The van der Waals surface area contributed by atoms with Crippen molar-refractivity contribution in [2.45, 2.75) is 0 Å². The van der Waals surface area contributed by atoms with Gasteiger partial charge in [-0.15, -0.1) is 0 Å². The van der Waals surface area contributed by atoms with Crippen molar-refractivity contribution in [1.82, 2.24) is 15.0 Å². The Labute approximate surface area is 105 Å². The molecule has 0 aliphatic heterocycles. The number of anilines is 2. The number of nitrogens with one attached hydrogen (secondary N) is 1. The van der Waals surface area contributed by atoms with E-state index in [2.05, 4.69) is 36.2 Å². The number of nitrogens with zero attached hydrogens (tertiary/aromatic N) is 3. The van der Waals surface area contributed by atoms with Gasteiger partial charge >= 0.3 is 0 Å². The van der Waals surface area contributed by atoms with E-state index in [1.165, 1.54) is 18.6 Å². The molecule has 0 aliphatic carbocycles. The summed E-state index contributed by atoms with van der Waals surface area (Å²) in [5.41, 5.74) is 6.16. The van der Waals surface area contributed by atoms with Gasteiger partial charge in [0.2, 0.25) is 0 Å². The van der Waals surface area contributed by atoms with E-state index in [1.807, 2.05) is 0 Å². The highest BCUT2D eigenvalue weighted by atomic mass is 79.9. The van der Waals surface area contributed by atoms with Crippen LogP contribution in [0.5, 0.6) is 0 Å². The lowest BCUT2D eigenvalue weighted by Crippen LogP contribution is -2.14. The number of nitrogens with two attached hydrogens (primary N) is 1. The molecule has 0 radical (unpaired) electrons. The van der Waals surface area contributed by atoms with Crippen molar-refractivity contribution in [2.75, 3.05) is 11.1 Å². The standard InChI is InChI=1S/C10H8BrN5O/c11-6-1-7(3-13-2-6)15-10(17)8-4-14-5-9(12)16-8/h1-5H,(H2,12,16)(H,15,17). The summed E-state index contributed by atoms with van der Waals surface area (Å²) in [5.74, 6) is -0.185. The Kier molecular flexibility index (Phi) is 3.29. The van der Waals surface area contributed by atoms with Gasteiger partial charge in [0.05, 0.1) is 24.3 Å². The fourth-order valence-corrected chi connectivity index (χ4v) is 1.53. The lowest BCUT2D eigenvalue weighted by Gasteiger charge is -2.04. The number of aromatic nitrogens is 3. The van der Waals surface area contributed by atoms with Gasteiger partial charge in [-0.1, -0.05) is 0 Å². The highest BCUT2D eigenvalue weighted by molar-refractivity contribution is 9.10. The Bertz CT molecular complexity index is 560. The van der Waals surface area contributed by atoms with Crippen LogP contribution in [0.3, 0.4) is 0 Å². The molecule has 0 spiro atoms. The van der Waals surface area contributed by atoms with Gasteiger partial charge in [0.15, 0.2) is 0 Å². The molecule has 0 bridgehead atoms. The molecule has 2 rings (SSSR count). The second-order valence-corrected chi connectivity index (χ2v) is 4.09. The number of hydrogen-bond donors (Lipinski definition) is 2. The van der Waals surface area contributed by atoms with E-state index in [4.69, 9.17) is 5.73 Å². The minimum atomic E-state index is -0.385. The molecule has 3 N–H and O–H groups in total. The summed E-state index contributed by atoms with van der Waals surface area (Å²) in [4.78, 5) is 23.3. The Morgan fingerprint density at radius 2 is 2.00 bits per heavy atom. The SMILES string of the molecule is Nc1cncc(C(=O)Nc2cncc(Br)c2)n1. The molecule has 0 atom stereocenters. The normalized spacial score (nSPS) is 9.94. The molecule has 0 aliphatic rings. The molecule has 0 saturated heterocycles. The quantitative estimate of drug-likeness (QED) is 0.874. The van der Waals surface area contributed by atoms with Crippen LogP contribution in [0, 0.1) is 0 Å². The predicted molar refractivity (Wildman–Crippen MR) is 66.3 cm³/mol. The summed E-state index contributed by atoms with van der Waals surface area (Å²) in [5, 5.41) is 2.64. The van der Waals surface area contributed by atoms with E-state index in [-0.39, 0.29) is 17.4 Å². The molecule has 0 aromatic carbocycles. The first-order valence-corrected chi connectivity index (χ1v) is 5.44. The fourth-order valence-electron chi connectivity index (χ4n) is 1.17. The van der Waals surface area contributed by atoms with Gasteiger partial charge in [-0.05, 0) is 22.0 Å². The maximum absolute atomic E-state index is 11.8. The summed E-state index contributed by atoms with van der Waals surface area (Å²) in [7, 11) is 0. The summed E-state index contributed by atoms with van der Waals surface area (Å²) in [6.07, 6.45) is 5.87. The summed E-state index contributed by atoms with van der Waals surface area (Å²) in [6, 6.07) is 1.73. The van der Waals surface area contributed by atoms with Crippen molar-refractivity contribution in [3.63, 3.8) is 0 Å². The molecule has 0 unspecified atom stereocenters. The summed E-state index contributed by atoms with van der Waals surface area (Å²) >= 11 is 3.26. The molecule has 86 valence electrons. The molecule has 2 aromatic rings. The van der Waals surface area contributed by atoms with Crippen molar-refractivity contribution in [1.29, 1.82) is 0 Å². The Balaban J connectivity index is 2.17. The molecule has 17 heavy (non-hydrogen) atoms. The molecular weight excluding hydrogens is 286 g/mol. The van der Waals surface area contributed by atoms with E-state index < -0.39 is 0 Å². The van der Waals surface area contributed by atoms with Crippen LogP contribution in [-0.2, 0) is 0 Å². The van der Waals surface area contributed by atoms with Crippen LogP contribution in [0.25, 0.3) is 0 Å². The van der Waals surface area contributed by atoms with Crippen LogP contribution >= 0.6 is 15.9 Å². The maximum Gasteiger partial charge on any atom is 0.275 e. The number of amides is 1. The minimum Gasteiger partial charge on any atom is -0.382 e. The van der Waals surface area contributed by atoms with Crippen LogP contribution in [0.1, 0.15) is 10.5 Å². The Hall–Kier alpha value is -2.02. The number of carbonyl (C=O) groups is 1. The first-order chi connectivity index (χ1) is 8.15. The average molecular weight is 294 g/mol. The molecule has 2 aromatic heterocycles. The smallest absolute Gasteiger partial charge is 0.275 e. The Morgan fingerprint density at radius 1 is 1.24 bits per heavy atom. The lowest BCUT2D eigenvalue weighted by atomic mass is 10.3. The highest BCUT2D eigenvalue weighted by Gasteiger charge is 2.08. The van der Waals surface area contributed by atoms with Crippen molar-refractivity contribution in [2.24, 2.45) is 0 Å². The van der Waals surface area contributed by atoms with Crippen LogP contribution < -0.4 is 11.1 Å². The van der Waals surface area contributed by atoms with Gasteiger partial charge in [-0.2, -0.15) is 0 Å². The second-order valence-electron chi connectivity index (χ2n) is 3.18. The molecular formula is C10H8BrN5O. The van der Waals surface area contributed by atoms with Crippen LogP contribution in [-0.4, -0.2) is 20.9 Å². The first kappa shape index (κ1) is 11.5. The summed E-state index contributed by atoms with van der Waals surface area (Å²) < 4.78 is 0.772. The van der Waals surface area contributed by atoms with Gasteiger partial charge < -0.3 is 11.1 Å². The average Bonchev–Trinajstić information content (AvgIpc) is 2.29. The monoisotopic (exact) mass is 293 g/mol. The molecule has 0 fully saturated rings. The molecule has 1 amide bonds. The third kappa shape index (κ3) is 2.97. The van der Waals surface area contributed by atoms with Gasteiger partial charge in [0.1, 0.15) is 11.5 Å². The van der Waals surface area contributed by atoms with Crippen molar-refractivity contribution < 1.29 is 4.79 Å². The zero-order chi connectivity index (χ0) is 12.3. The van der Waals surface area contributed by atoms with E-state index in [0.29, 0.717) is 5.69 Å². The number of carbonyl (C=O) groups excluding carboxylic acids is 1. The van der Waals surface area contributed by atoms with E-state index >= 15 is 0 Å². The Morgan fingerprint density at radius 3 is 2.71 bits per heavy atom. The van der Waals surface area contributed by atoms with E-state index in [9.17, 15) is 4.79 Å². The predicted octanol–water partition coefficient (Wildman–Crippen LogP) is 1.47. The first-order valence-electron chi connectivity index (χ1n) is 4.64. The molecule has 2 heterocycles. The maximum atomic E-state index is 11.8. The van der Waals surface area contributed by atoms with Crippen LogP contribution in [0.4, 0.5) is 11.5 Å². The molecule has 7 heteroatoms. The minimum absolute atomic E-state index is 0.157. The van der Waals surface area contributed by atoms with Gasteiger partial charge in [0.25, 0.3) is 5.91 Å². The number of pyridine rings is 1. The van der Waals surface area contributed by atoms with Crippen molar-refractivity contribution in [3.05, 3.63) is 41.0 Å². The van der Waals surface area contributed by atoms with Gasteiger partial charge in [-0.3, -0.25) is 14.8 Å². The molecule has 6 nitrogen and oxygen atoms in total. The highest BCUT2D eigenvalue weighted by Crippen LogP contribution is 2.14.